The molecule has 4 rings (SSSR count). The molecule has 0 bridgehead atoms. The van der Waals surface area contributed by atoms with Crippen molar-refractivity contribution in [2.45, 2.75) is 0 Å². The fourth-order valence-electron chi connectivity index (χ4n) is 2.26. The minimum atomic E-state index is -0.227. The maximum Gasteiger partial charge on any atom is 0.273 e. The van der Waals surface area contributed by atoms with Gasteiger partial charge in [-0.1, -0.05) is 29.3 Å². The number of hydrogen-bond donors (Lipinski definition) is 1. The van der Waals surface area contributed by atoms with Crippen LogP contribution in [0.15, 0.2) is 47.3 Å². The summed E-state index contributed by atoms with van der Waals surface area (Å²) in [6.07, 6.45) is 1.88. The van der Waals surface area contributed by atoms with Gasteiger partial charge in [0.25, 0.3) is 5.91 Å². The van der Waals surface area contributed by atoms with E-state index in [2.05, 4.69) is 10.3 Å². The summed E-state index contributed by atoms with van der Waals surface area (Å²) in [6, 6.07) is 8.96. The van der Waals surface area contributed by atoms with Crippen LogP contribution in [0.25, 0.3) is 15.5 Å². The summed E-state index contributed by atoms with van der Waals surface area (Å²) in [4.78, 5) is 19.0. The van der Waals surface area contributed by atoms with Gasteiger partial charge in [0.05, 0.1) is 14.9 Å². The van der Waals surface area contributed by atoms with E-state index in [-0.39, 0.29) is 5.91 Å². The molecule has 3 aromatic heterocycles. The number of carbonyl (C=O) groups excluding carboxylic acids is 1. The van der Waals surface area contributed by atoms with Crippen molar-refractivity contribution in [3.05, 3.63) is 63.0 Å². The van der Waals surface area contributed by atoms with Crippen LogP contribution in [0.1, 0.15) is 10.5 Å². The molecule has 4 aromatic rings. The number of benzene rings is 1. The van der Waals surface area contributed by atoms with Crippen LogP contribution in [-0.4, -0.2) is 15.3 Å². The molecule has 0 aliphatic carbocycles. The number of fused-ring (bicyclic) bond motifs is 1. The van der Waals surface area contributed by atoms with E-state index in [1.165, 1.54) is 11.3 Å². The summed E-state index contributed by atoms with van der Waals surface area (Å²) in [5, 5.41) is 7.46. The molecular weight excluding hydrogens is 385 g/mol. The minimum Gasteiger partial charge on any atom is -0.321 e. The van der Waals surface area contributed by atoms with Crippen molar-refractivity contribution in [2.75, 3.05) is 5.32 Å². The third kappa shape index (κ3) is 2.82. The molecule has 0 fully saturated rings. The fraction of sp³-hybridized carbons (Fsp3) is 0. The lowest BCUT2D eigenvalue weighted by atomic mass is 10.3. The van der Waals surface area contributed by atoms with Crippen molar-refractivity contribution >= 4 is 62.4 Å². The predicted octanol–water partition coefficient (Wildman–Crippen LogP) is 5.68. The number of halogens is 2. The lowest BCUT2D eigenvalue weighted by Gasteiger charge is -2.05. The normalized spacial score (nSPS) is 11.1. The molecule has 0 aliphatic rings. The van der Waals surface area contributed by atoms with E-state index < -0.39 is 0 Å². The first-order chi connectivity index (χ1) is 11.6. The highest BCUT2D eigenvalue weighted by molar-refractivity contribution is 7.15. The van der Waals surface area contributed by atoms with Crippen molar-refractivity contribution < 1.29 is 4.79 Å². The van der Waals surface area contributed by atoms with Crippen molar-refractivity contribution in [3.8, 4) is 10.6 Å². The topological polar surface area (TPSA) is 46.4 Å². The molecular formula is C16H9Cl2N3OS2. The number of aromatic nitrogens is 2. The Labute approximate surface area is 155 Å². The van der Waals surface area contributed by atoms with E-state index in [4.69, 9.17) is 23.2 Å². The number of anilines is 1. The maximum absolute atomic E-state index is 12.6. The molecule has 24 heavy (non-hydrogen) atoms. The summed E-state index contributed by atoms with van der Waals surface area (Å²) in [5.41, 5.74) is 1.98. The Kier molecular flexibility index (Phi) is 4.05. The molecule has 1 aromatic carbocycles. The molecule has 0 radical (unpaired) electrons. The van der Waals surface area contributed by atoms with E-state index in [1.807, 2.05) is 23.7 Å². The second kappa shape index (κ2) is 6.22. The van der Waals surface area contributed by atoms with E-state index in [0.29, 0.717) is 21.4 Å². The zero-order valence-electron chi connectivity index (χ0n) is 12.0. The number of nitrogens with one attached hydrogen (secondary N) is 1. The number of thiophene rings is 1. The Morgan fingerprint density at radius 2 is 2.04 bits per heavy atom. The van der Waals surface area contributed by atoms with Crippen LogP contribution in [0.2, 0.25) is 10.0 Å². The SMILES string of the molecule is O=C(Nc1ccc(Cl)c(Cl)c1)c1csc2nc(-c3cccs3)cn12. The molecule has 120 valence electrons. The van der Waals surface area contributed by atoms with Crippen LogP contribution in [0.3, 0.4) is 0 Å². The van der Waals surface area contributed by atoms with Gasteiger partial charge in [-0.2, -0.15) is 0 Å². The lowest BCUT2D eigenvalue weighted by molar-refractivity contribution is 0.102. The third-order valence-electron chi connectivity index (χ3n) is 3.39. The summed E-state index contributed by atoms with van der Waals surface area (Å²) >= 11 is 14.9. The smallest absolute Gasteiger partial charge is 0.273 e. The second-order valence-electron chi connectivity index (χ2n) is 4.96. The molecule has 0 spiro atoms. The number of imidazole rings is 1. The van der Waals surface area contributed by atoms with Gasteiger partial charge in [-0.05, 0) is 29.6 Å². The largest absolute Gasteiger partial charge is 0.321 e. The highest BCUT2D eigenvalue weighted by Crippen LogP contribution is 2.28. The van der Waals surface area contributed by atoms with Gasteiger partial charge in [-0.3, -0.25) is 9.20 Å². The van der Waals surface area contributed by atoms with Gasteiger partial charge in [-0.25, -0.2) is 4.98 Å². The Morgan fingerprint density at radius 1 is 1.17 bits per heavy atom. The summed E-state index contributed by atoms with van der Waals surface area (Å²) in [6.45, 7) is 0. The number of rotatable bonds is 3. The van der Waals surface area contributed by atoms with Gasteiger partial charge in [0, 0.05) is 17.3 Å². The molecule has 3 heterocycles. The van der Waals surface area contributed by atoms with Gasteiger partial charge in [0.2, 0.25) is 0 Å². The number of nitrogens with zero attached hydrogens (tertiary/aromatic N) is 2. The Morgan fingerprint density at radius 3 is 2.79 bits per heavy atom. The van der Waals surface area contributed by atoms with Gasteiger partial charge >= 0.3 is 0 Å². The predicted molar refractivity (Wildman–Crippen MR) is 101 cm³/mol. The summed E-state index contributed by atoms with van der Waals surface area (Å²) in [7, 11) is 0. The van der Waals surface area contributed by atoms with Crippen molar-refractivity contribution in [3.63, 3.8) is 0 Å². The average Bonchev–Trinajstić information content (AvgIpc) is 3.25. The molecule has 8 heteroatoms. The molecule has 0 aliphatic heterocycles. The Balaban J connectivity index is 1.65. The number of hydrogen-bond acceptors (Lipinski definition) is 4. The van der Waals surface area contributed by atoms with Gasteiger partial charge in [0.1, 0.15) is 11.4 Å². The molecule has 1 N–H and O–H groups in total. The van der Waals surface area contributed by atoms with Gasteiger partial charge < -0.3 is 5.32 Å². The zero-order chi connectivity index (χ0) is 16.7. The zero-order valence-corrected chi connectivity index (χ0v) is 15.1. The van der Waals surface area contributed by atoms with E-state index >= 15 is 0 Å². The number of amides is 1. The standard InChI is InChI=1S/C16H9Cl2N3OS2/c17-10-4-3-9(6-11(10)18)19-15(22)13-8-24-16-20-12(7-21(13)16)14-2-1-5-23-14/h1-8H,(H,19,22). The molecule has 0 unspecified atom stereocenters. The Bertz CT molecular complexity index is 1040. The lowest BCUT2D eigenvalue weighted by Crippen LogP contribution is -2.13. The average molecular weight is 394 g/mol. The van der Waals surface area contributed by atoms with E-state index in [9.17, 15) is 4.79 Å². The van der Waals surface area contributed by atoms with Crippen molar-refractivity contribution in [1.82, 2.24) is 9.38 Å². The van der Waals surface area contributed by atoms with Gasteiger partial charge in [0.15, 0.2) is 4.96 Å². The highest BCUT2D eigenvalue weighted by Gasteiger charge is 2.16. The fourth-order valence-corrected chi connectivity index (χ4v) is 4.09. The minimum absolute atomic E-state index is 0.227. The van der Waals surface area contributed by atoms with Crippen molar-refractivity contribution in [1.29, 1.82) is 0 Å². The summed E-state index contributed by atoms with van der Waals surface area (Å²) < 4.78 is 1.80. The molecule has 0 saturated heterocycles. The van der Waals surface area contributed by atoms with Crippen LogP contribution in [-0.2, 0) is 0 Å². The van der Waals surface area contributed by atoms with Crippen LogP contribution in [0.5, 0.6) is 0 Å². The number of carbonyl (C=O) groups is 1. The number of thiazole rings is 1. The van der Waals surface area contributed by atoms with Gasteiger partial charge in [-0.15, -0.1) is 22.7 Å². The monoisotopic (exact) mass is 393 g/mol. The van der Waals surface area contributed by atoms with Crippen LogP contribution < -0.4 is 5.32 Å². The Hall–Kier alpha value is -1.86. The maximum atomic E-state index is 12.6. The van der Waals surface area contributed by atoms with Crippen molar-refractivity contribution in [2.24, 2.45) is 0 Å². The second-order valence-corrected chi connectivity index (χ2v) is 7.56. The quantitative estimate of drug-likeness (QED) is 0.486. The van der Waals surface area contributed by atoms with Crippen LogP contribution in [0, 0.1) is 0 Å². The van der Waals surface area contributed by atoms with Crippen LogP contribution >= 0.6 is 45.9 Å². The van der Waals surface area contributed by atoms with E-state index in [0.717, 1.165) is 15.5 Å². The van der Waals surface area contributed by atoms with E-state index in [1.54, 1.807) is 39.3 Å². The highest BCUT2D eigenvalue weighted by atomic mass is 35.5. The molecule has 4 nitrogen and oxygen atoms in total. The molecule has 1 amide bonds. The first-order valence-electron chi connectivity index (χ1n) is 6.89. The first kappa shape index (κ1) is 15.7. The molecule has 0 saturated carbocycles. The third-order valence-corrected chi connectivity index (χ3v) is 5.86. The molecule has 0 atom stereocenters. The summed E-state index contributed by atoms with van der Waals surface area (Å²) in [5.74, 6) is -0.227. The first-order valence-corrected chi connectivity index (χ1v) is 9.40. The van der Waals surface area contributed by atoms with Crippen LogP contribution in [0.4, 0.5) is 5.69 Å².